The molecule has 1 aromatic heterocycles. The third-order valence-electron chi connectivity index (χ3n) is 4.05. The maximum absolute atomic E-state index is 13.8. The molecule has 10 heteroatoms. The molecule has 0 radical (unpaired) electrons. The number of hydrogen-bond donors (Lipinski definition) is 1. The van der Waals surface area contributed by atoms with E-state index in [1.54, 1.807) is 29.2 Å². The fourth-order valence-corrected chi connectivity index (χ4v) is 5.72. The molecule has 1 amide bonds. The lowest BCUT2D eigenvalue weighted by atomic mass is 10.2. The first-order valence-corrected chi connectivity index (χ1v) is 11.0. The lowest BCUT2D eigenvalue weighted by Crippen LogP contribution is -2.51. The van der Waals surface area contributed by atoms with Crippen LogP contribution < -0.4 is 9.62 Å². The number of anilines is 1. The van der Waals surface area contributed by atoms with E-state index in [0.29, 0.717) is 35.7 Å². The first-order chi connectivity index (χ1) is 12.4. The summed E-state index contributed by atoms with van der Waals surface area (Å²) >= 11 is 4.30. The number of para-hydroxylation sites is 1. The van der Waals surface area contributed by atoms with Crippen LogP contribution in [-0.4, -0.2) is 51.9 Å². The number of carbonyl (C=O) groups is 1. The molecule has 1 saturated heterocycles. The van der Waals surface area contributed by atoms with Crippen molar-refractivity contribution in [2.45, 2.75) is 4.21 Å². The van der Waals surface area contributed by atoms with E-state index in [4.69, 9.17) is 0 Å². The van der Waals surface area contributed by atoms with Crippen LogP contribution in [0.15, 0.2) is 44.4 Å². The first-order valence-electron chi connectivity index (χ1n) is 7.89. The molecule has 3 rings (SSSR count). The fraction of sp³-hybridized carbons (Fsp3) is 0.312. The molecule has 0 atom stereocenters. The molecule has 1 N–H and O–H groups in total. The predicted octanol–water partition coefficient (Wildman–Crippen LogP) is 2.28. The second kappa shape index (κ2) is 8.03. The van der Waals surface area contributed by atoms with Crippen molar-refractivity contribution < 1.29 is 17.6 Å². The number of benzene rings is 1. The van der Waals surface area contributed by atoms with Gasteiger partial charge in [0.1, 0.15) is 10.0 Å². The van der Waals surface area contributed by atoms with Crippen molar-refractivity contribution in [3.63, 3.8) is 0 Å². The normalized spacial score (nSPS) is 15.3. The van der Waals surface area contributed by atoms with Gasteiger partial charge in [0.05, 0.1) is 16.0 Å². The van der Waals surface area contributed by atoms with Crippen LogP contribution in [0.1, 0.15) is 0 Å². The monoisotopic (exact) mass is 461 g/mol. The molecule has 1 fully saturated rings. The minimum Gasteiger partial charge on any atom is -0.366 e. The Bertz CT molecular complexity index is 896. The molecule has 1 aromatic carbocycles. The van der Waals surface area contributed by atoms with Crippen molar-refractivity contribution in [2.24, 2.45) is 0 Å². The van der Waals surface area contributed by atoms with Crippen molar-refractivity contribution in [3.05, 3.63) is 46.0 Å². The molecule has 0 saturated carbocycles. The van der Waals surface area contributed by atoms with E-state index in [1.165, 1.54) is 12.1 Å². The van der Waals surface area contributed by atoms with Crippen molar-refractivity contribution in [3.8, 4) is 0 Å². The number of hydrogen-bond acceptors (Lipinski definition) is 5. The smallest absolute Gasteiger partial charge is 0.250 e. The lowest BCUT2D eigenvalue weighted by molar-refractivity contribution is -0.130. The zero-order valence-corrected chi connectivity index (χ0v) is 16.9. The Labute approximate surface area is 163 Å². The Balaban J connectivity index is 1.53. The summed E-state index contributed by atoms with van der Waals surface area (Å²) in [6.45, 7) is 1.53. The van der Waals surface area contributed by atoms with Gasteiger partial charge in [0.25, 0.3) is 10.0 Å². The second-order valence-electron chi connectivity index (χ2n) is 5.70. The van der Waals surface area contributed by atoms with Gasteiger partial charge in [0.2, 0.25) is 5.91 Å². The Morgan fingerprint density at radius 1 is 1.15 bits per heavy atom. The topological polar surface area (TPSA) is 69.7 Å². The van der Waals surface area contributed by atoms with Gasteiger partial charge < -0.3 is 9.80 Å². The molecule has 1 aliphatic rings. The first kappa shape index (κ1) is 19.3. The van der Waals surface area contributed by atoms with E-state index in [2.05, 4.69) is 20.7 Å². The summed E-state index contributed by atoms with van der Waals surface area (Å²) < 4.78 is 41.4. The predicted molar refractivity (Wildman–Crippen MR) is 102 cm³/mol. The maximum atomic E-state index is 13.8. The number of carbonyl (C=O) groups excluding carboxylic acids is 1. The number of nitrogens with one attached hydrogen (secondary N) is 1. The lowest BCUT2D eigenvalue weighted by Gasteiger charge is -2.36. The zero-order chi connectivity index (χ0) is 18.7. The standard InChI is InChI=1S/C16H17BrFN3O3S2/c17-14-5-6-16(25-14)26(23,24)19-11-15(22)21-9-7-20(8-10-21)13-4-2-1-3-12(13)18/h1-6,19H,7-11H2. The molecule has 26 heavy (non-hydrogen) atoms. The van der Waals surface area contributed by atoms with Gasteiger partial charge in [-0.25, -0.2) is 17.5 Å². The molecule has 0 unspecified atom stereocenters. The SMILES string of the molecule is O=C(CNS(=O)(=O)c1ccc(Br)s1)N1CCN(c2ccccc2F)CC1. The van der Waals surface area contributed by atoms with Crippen LogP contribution in [0.4, 0.5) is 10.1 Å². The van der Waals surface area contributed by atoms with E-state index in [0.717, 1.165) is 11.3 Å². The molecule has 6 nitrogen and oxygen atoms in total. The van der Waals surface area contributed by atoms with Crippen LogP contribution in [0, 0.1) is 5.82 Å². The summed E-state index contributed by atoms with van der Waals surface area (Å²) in [5.74, 6) is -0.584. The quantitative estimate of drug-likeness (QED) is 0.741. The van der Waals surface area contributed by atoms with Crippen LogP contribution in [-0.2, 0) is 14.8 Å². The van der Waals surface area contributed by atoms with E-state index in [-0.39, 0.29) is 22.5 Å². The van der Waals surface area contributed by atoms with Crippen molar-refractivity contribution in [1.29, 1.82) is 0 Å². The average molecular weight is 462 g/mol. The largest absolute Gasteiger partial charge is 0.366 e. The molecule has 1 aliphatic heterocycles. The summed E-state index contributed by atoms with van der Waals surface area (Å²) in [6.07, 6.45) is 0. The van der Waals surface area contributed by atoms with Crippen LogP contribution in [0.2, 0.25) is 0 Å². The second-order valence-corrected chi connectivity index (χ2v) is 10.2. The molecule has 0 bridgehead atoms. The molecular weight excluding hydrogens is 445 g/mol. The van der Waals surface area contributed by atoms with Gasteiger partial charge in [0, 0.05) is 26.2 Å². The van der Waals surface area contributed by atoms with Crippen LogP contribution in [0.5, 0.6) is 0 Å². The van der Waals surface area contributed by atoms with Crippen LogP contribution in [0.25, 0.3) is 0 Å². The van der Waals surface area contributed by atoms with Gasteiger partial charge in [-0.1, -0.05) is 12.1 Å². The third-order valence-corrected chi connectivity index (χ3v) is 7.57. The number of piperazine rings is 1. The van der Waals surface area contributed by atoms with E-state index in [9.17, 15) is 17.6 Å². The number of sulfonamides is 1. The van der Waals surface area contributed by atoms with Gasteiger partial charge in [-0.15, -0.1) is 11.3 Å². The average Bonchev–Trinajstić information content (AvgIpc) is 3.08. The number of halogens is 2. The van der Waals surface area contributed by atoms with E-state index in [1.807, 2.05) is 4.90 Å². The Morgan fingerprint density at radius 3 is 2.46 bits per heavy atom. The molecule has 2 heterocycles. The molecular formula is C16H17BrFN3O3S2. The van der Waals surface area contributed by atoms with Gasteiger partial charge >= 0.3 is 0 Å². The molecule has 0 spiro atoms. The minimum atomic E-state index is -3.70. The molecule has 2 aromatic rings. The summed E-state index contributed by atoms with van der Waals surface area (Å²) in [7, 11) is -3.70. The van der Waals surface area contributed by atoms with Crippen molar-refractivity contribution in [2.75, 3.05) is 37.6 Å². The van der Waals surface area contributed by atoms with E-state index < -0.39 is 10.0 Å². The molecule has 0 aliphatic carbocycles. The maximum Gasteiger partial charge on any atom is 0.250 e. The number of rotatable bonds is 5. The van der Waals surface area contributed by atoms with Gasteiger partial charge in [0.15, 0.2) is 0 Å². The van der Waals surface area contributed by atoms with Gasteiger partial charge in [-0.3, -0.25) is 4.79 Å². The highest BCUT2D eigenvalue weighted by Gasteiger charge is 2.24. The fourth-order valence-electron chi connectivity index (χ4n) is 2.69. The highest BCUT2D eigenvalue weighted by Crippen LogP contribution is 2.25. The van der Waals surface area contributed by atoms with E-state index >= 15 is 0 Å². The van der Waals surface area contributed by atoms with Gasteiger partial charge in [-0.2, -0.15) is 0 Å². The minimum absolute atomic E-state index is 0.154. The third kappa shape index (κ3) is 4.43. The Kier molecular flexibility index (Phi) is 5.96. The highest BCUT2D eigenvalue weighted by molar-refractivity contribution is 9.11. The summed E-state index contributed by atoms with van der Waals surface area (Å²) in [5, 5.41) is 0. The zero-order valence-electron chi connectivity index (χ0n) is 13.7. The highest BCUT2D eigenvalue weighted by atomic mass is 79.9. The number of thiophene rings is 1. The summed E-state index contributed by atoms with van der Waals surface area (Å²) in [5.41, 5.74) is 0.517. The van der Waals surface area contributed by atoms with Crippen LogP contribution >= 0.6 is 27.3 Å². The molecule has 140 valence electrons. The Morgan fingerprint density at radius 2 is 1.85 bits per heavy atom. The Hall–Kier alpha value is -1.49. The number of amides is 1. The summed E-state index contributed by atoms with van der Waals surface area (Å²) in [4.78, 5) is 15.8. The number of nitrogens with zero attached hydrogens (tertiary/aromatic N) is 2. The van der Waals surface area contributed by atoms with Crippen molar-refractivity contribution in [1.82, 2.24) is 9.62 Å². The van der Waals surface area contributed by atoms with Gasteiger partial charge in [-0.05, 0) is 40.2 Å². The van der Waals surface area contributed by atoms with Crippen molar-refractivity contribution >= 4 is 48.9 Å². The summed E-state index contributed by atoms with van der Waals surface area (Å²) in [6, 6.07) is 9.65. The van der Waals surface area contributed by atoms with Crippen LogP contribution in [0.3, 0.4) is 0 Å².